The lowest BCUT2D eigenvalue weighted by Crippen LogP contribution is -2.38. The van der Waals surface area contributed by atoms with Gasteiger partial charge in [-0.1, -0.05) is 0 Å². The van der Waals surface area contributed by atoms with Crippen molar-refractivity contribution in [2.24, 2.45) is 4.99 Å². The van der Waals surface area contributed by atoms with E-state index in [1.54, 1.807) is 12.1 Å². The Balaban J connectivity index is 1.38. The smallest absolute Gasteiger partial charge is 0.191 e. The average molecular weight is 383 g/mol. The van der Waals surface area contributed by atoms with Gasteiger partial charge in [-0.2, -0.15) is 0 Å². The van der Waals surface area contributed by atoms with Crippen molar-refractivity contribution < 1.29 is 4.39 Å². The zero-order valence-electron chi connectivity index (χ0n) is 16.1. The number of nitrogens with zero attached hydrogens (tertiary/aromatic N) is 4. The van der Waals surface area contributed by atoms with E-state index in [0.717, 1.165) is 60.0 Å². The summed E-state index contributed by atoms with van der Waals surface area (Å²) < 4.78 is 15.7. The number of rotatable bonds is 6. The molecule has 3 N–H and O–H groups in total. The molecule has 2 aromatic heterocycles. The van der Waals surface area contributed by atoms with E-state index in [9.17, 15) is 4.39 Å². The first kappa shape index (κ1) is 18.5. The highest BCUT2D eigenvalue weighted by Gasteiger charge is 2.15. The first-order valence-electron chi connectivity index (χ1n) is 9.93. The molecule has 1 aliphatic rings. The lowest BCUT2D eigenvalue weighted by Gasteiger charge is -2.14. The first-order valence-corrected chi connectivity index (χ1v) is 9.93. The van der Waals surface area contributed by atoms with Crippen LogP contribution in [0.2, 0.25) is 0 Å². The Kier molecular flexibility index (Phi) is 5.55. The van der Waals surface area contributed by atoms with Crippen LogP contribution in [0.25, 0.3) is 10.9 Å². The molecular weight excluding hydrogens is 357 g/mol. The van der Waals surface area contributed by atoms with Crippen molar-refractivity contribution in [3.05, 3.63) is 47.4 Å². The molecule has 0 saturated carbocycles. The van der Waals surface area contributed by atoms with Crippen molar-refractivity contribution in [2.45, 2.75) is 45.7 Å². The third-order valence-electron chi connectivity index (χ3n) is 5.08. The Morgan fingerprint density at radius 1 is 1.29 bits per heavy atom. The predicted octanol–water partition coefficient (Wildman–Crippen LogP) is 2.53. The Hall–Kier alpha value is -2.90. The minimum atomic E-state index is -0.215. The lowest BCUT2D eigenvalue weighted by atomic mass is 10.1. The molecule has 0 aliphatic carbocycles. The molecule has 0 fully saturated rings. The van der Waals surface area contributed by atoms with E-state index in [4.69, 9.17) is 0 Å². The maximum atomic E-state index is 13.5. The van der Waals surface area contributed by atoms with Crippen molar-refractivity contribution in [3.8, 4) is 0 Å². The summed E-state index contributed by atoms with van der Waals surface area (Å²) in [7, 11) is 0. The Morgan fingerprint density at radius 3 is 3.11 bits per heavy atom. The van der Waals surface area contributed by atoms with Gasteiger partial charge in [0.1, 0.15) is 18.2 Å². The molecule has 0 amide bonds. The molecule has 0 unspecified atom stereocenters. The molecule has 3 heterocycles. The quantitative estimate of drug-likeness (QED) is 0.451. The molecule has 0 atom stereocenters. The third-order valence-corrected chi connectivity index (χ3v) is 5.08. The van der Waals surface area contributed by atoms with Crippen molar-refractivity contribution in [3.63, 3.8) is 0 Å². The minimum absolute atomic E-state index is 0.215. The van der Waals surface area contributed by atoms with Crippen molar-refractivity contribution in [1.82, 2.24) is 30.4 Å². The van der Waals surface area contributed by atoms with Gasteiger partial charge in [0, 0.05) is 43.2 Å². The topological polar surface area (TPSA) is 82.9 Å². The number of fused-ring (bicyclic) bond motifs is 2. The van der Waals surface area contributed by atoms with Crippen LogP contribution in [0.4, 0.5) is 4.39 Å². The molecule has 0 radical (unpaired) electrons. The Labute approximate surface area is 163 Å². The second-order valence-electron chi connectivity index (χ2n) is 7.02. The highest BCUT2D eigenvalue weighted by Crippen LogP contribution is 2.19. The molecular formula is C20H26FN7. The number of aryl methyl sites for hydroxylation is 1. The highest BCUT2D eigenvalue weighted by atomic mass is 19.1. The molecule has 4 rings (SSSR count). The fourth-order valence-electron chi connectivity index (χ4n) is 3.65. The van der Waals surface area contributed by atoms with Gasteiger partial charge in [-0.05, 0) is 49.9 Å². The molecule has 1 aliphatic heterocycles. The SMILES string of the molecule is CCNC(=NCc1nnc2n1CCCC2)NCCc1c[nH]c2ccc(F)cc12. The summed E-state index contributed by atoms with van der Waals surface area (Å²) in [5.41, 5.74) is 2.04. The molecule has 0 bridgehead atoms. The number of hydrogen-bond acceptors (Lipinski definition) is 3. The van der Waals surface area contributed by atoms with Crippen LogP contribution >= 0.6 is 0 Å². The zero-order chi connectivity index (χ0) is 19.3. The van der Waals surface area contributed by atoms with Gasteiger partial charge < -0.3 is 20.2 Å². The number of aromatic amines is 1. The maximum Gasteiger partial charge on any atom is 0.191 e. The van der Waals surface area contributed by atoms with E-state index in [0.29, 0.717) is 13.1 Å². The second kappa shape index (κ2) is 8.41. The van der Waals surface area contributed by atoms with Crippen LogP contribution in [-0.2, 0) is 25.9 Å². The second-order valence-corrected chi connectivity index (χ2v) is 7.02. The summed E-state index contributed by atoms with van der Waals surface area (Å²) in [6.07, 6.45) is 6.07. The maximum absolute atomic E-state index is 13.5. The van der Waals surface area contributed by atoms with E-state index in [1.165, 1.54) is 18.9 Å². The number of benzene rings is 1. The van der Waals surface area contributed by atoms with E-state index < -0.39 is 0 Å². The molecule has 7 nitrogen and oxygen atoms in total. The number of aliphatic imine (C=N–C) groups is 1. The highest BCUT2D eigenvalue weighted by molar-refractivity contribution is 5.83. The summed E-state index contributed by atoms with van der Waals surface area (Å²) in [6.45, 7) is 5.00. The standard InChI is InChI=1S/C20H26FN7/c1-2-22-20(25-13-19-27-26-18-5-3-4-10-28(18)19)23-9-8-14-12-24-17-7-6-15(21)11-16(14)17/h6-7,11-12,24H,2-5,8-10,13H2,1H3,(H2,22,23,25). The van der Waals surface area contributed by atoms with E-state index >= 15 is 0 Å². The monoisotopic (exact) mass is 383 g/mol. The van der Waals surface area contributed by atoms with Crippen LogP contribution in [0.15, 0.2) is 29.4 Å². The van der Waals surface area contributed by atoms with Crippen LogP contribution in [0.3, 0.4) is 0 Å². The summed E-state index contributed by atoms with van der Waals surface area (Å²) >= 11 is 0. The Bertz CT molecular complexity index is 972. The fraction of sp³-hybridized carbons (Fsp3) is 0.450. The number of hydrogen-bond donors (Lipinski definition) is 3. The number of halogens is 1. The van der Waals surface area contributed by atoms with E-state index in [-0.39, 0.29) is 5.82 Å². The Morgan fingerprint density at radius 2 is 2.21 bits per heavy atom. The van der Waals surface area contributed by atoms with Gasteiger partial charge in [-0.3, -0.25) is 0 Å². The van der Waals surface area contributed by atoms with Gasteiger partial charge in [0.05, 0.1) is 0 Å². The molecule has 3 aromatic rings. The number of guanidine groups is 1. The normalized spacial score (nSPS) is 14.3. The number of aromatic nitrogens is 4. The summed E-state index contributed by atoms with van der Waals surface area (Å²) in [4.78, 5) is 7.86. The molecule has 0 spiro atoms. The van der Waals surface area contributed by atoms with Crippen LogP contribution in [0.1, 0.15) is 37.0 Å². The van der Waals surface area contributed by atoms with Gasteiger partial charge in [-0.15, -0.1) is 10.2 Å². The van der Waals surface area contributed by atoms with Crippen LogP contribution in [0.5, 0.6) is 0 Å². The molecule has 8 heteroatoms. The van der Waals surface area contributed by atoms with Crippen LogP contribution in [0, 0.1) is 5.82 Å². The van der Waals surface area contributed by atoms with Crippen molar-refractivity contribution >= 4 is 16.9 Å². The third kappa shape index (κ3) is 4.00. The van der Waals surface area contributed by atoms with Gasteiger partial charge in [0.25, 0.3) is 0 Å². The van der Waals surface area contributed by atoms with Gasteiger partial charge in [0.15, 0.2) is 11.8 Å². The molecule has 28 heavy (non-hydrogen) atoms. The number of H-pyrrole nitrogens is 1. The van der Waals surface area contributed by atoms with Gasteiger partial charge in [-0.25, -0.2) is 9.38 Å². The molecule has 1 aromatic carbocycles. The van der Waals surface area contributed by atoms with Gasteiger partial charge in [0.2, 0.25) is 0 Å². The zero-order valence-corrected chi connectivity index (χ0v) is 16.1. The fourth-order valence-corrected chi connectivity index (χ4v) is 3.65. The van der Waals surface area contributed by atoms with Crippen LogP contribution in [-0.4, -0.2) is 38.8 Å². The first-order chi connectivity index (χ1) is 13.7. The minimum Gasteiger partial charge on any atom is -0.361 e. The van der Waals surface area contributed by atoms with Gasteiger partial charge >= 0.3 is 0 Å². The van der Waals surface area contributed by atoms with Crippen LogP contribution < -0.4 is 10.6 Å². The summed E-state index contributed by atoms with van der Waals surface area (Å²) in [5, 5.41) is 16.1. The van der Waals surface area contributed by atoms with Crippen molar-refractivity contribution in [1.29, 1.82) is 0 Å². The average Bonchev–Trinajstić information content (AvgIpc) is 3.30. The summed E-state index contributed by atoms with van der Waals surface area (Å²) in [5.74, 6) is 2.52. The largest absolute Gasteiger partial charge is 0.361 e. The number of nitrogens with one attached hydrogen (secondary N) is 3. The lowest BCUT2D eigenvalue weighted by molar-refractivity contribution is 0.508. The van der Waals surface area contributed by atoms with Crippen molar-refractivity contribution in [2.75, 3.05) is 13.1 Å². The van der Waals surface area contributed by atoms with E-state index in [2.05, 4.69) is 35.4 Å². The summed E-state index contributed by atoms with van der Waals surface area (Å²) in [6, 6.07) is 4.82. The van der Waals surface area contributed by atoms with E-state index in [1.807, 2.05) is 13.1 Å². The molecule has 148 valence electrons. The predicted molar refractivity (Wildman–Crippen MR) is 108 cm³/mol. The molecule has 0 saturated heterocycles.